The Morgan fingerprint density at radius 2 is 1.37 bits per heavy atom. The van der Waals surface area contributed by atoms with E-state index in [2.05, 4.69) is 0 Å². The number of rotatable bonds is 5. The van der Waals surface area contributed by atoms with Crippen LogP contribution in [0.2, 0.25) is 0 Å². The fourth-order valence-corrected chi connectivity index (χ4v) is 1.40. The predicted octanol–water partition coefficient (Wildman–Crippen LogP) is 2.65. The molecule has 0 unspecified atom stereocenters. The Morgan fingerprint density at radius 1 is 0.895 bits per heavy atom. The van der Waals surface area contributed by atoms with E-state index >= 15 is 0 Å². The molecule has 2 rings (SSSR count). The number of hydrogen-bond acceptors (Lipinski definition) is 4. The lowest BCUT2D eigenvalue weighted by molar-refractivity contribution is -0.139. The zero-order valence-electron chi connectivity index (χ0n) is 9.95. The van der Waals surface area contributed by atoms with Gasteiger partial charge in [0.2, 0.25) is 0 Å². The molecule has 5 heteroatoms. The van der Waals surface area contributed by atoms with Crippen molar-refractivity contribution in [2.75, 3.05) is 6.61 Å². The standard InChI is InChI=1S/C14H12O5/c15-10-1-3-12(4-2-10)19-13-7-5-11(6-8-13)18-9-14(16)17/h1-8,15H,9H2,(H,16,17). The van der Waals surface area contributed by atoms with Crippen molar-refractivity contribution in [3.05, 3.63) is 48.5 Å². The Morgan fingerprint density at radius 3 is 1.89 bits per heavy atom. The molecule has 5 nitrogen and oxygen atoms in total. The largest absolute Gasteiger partial charge is 0.508 e. The quantitative estimate of drug-likeness (QED) is 0.864. The summed E-state index contributed by atoms with van der Waals surface area (Å²) >= 11 is 0. The normalized spacial score (nSPS) is 9.89. The van der Waals surface area contributed by atoms with Crippen molar-refractivity contribution in [1.82, 2.24) is 0 Å². The van der Waals surface area contributed by atoms with Crippen molar-refractivity contribution in [2.24, 2.45) is 0 Å². The summed E-state index contributed by atoms with van der Waals surface area (Å²) in [7, 11) is 0. The molecule has 0 saturated carbocycles. The zero-order chi connectivity index (χ0) is 13.7. The maximum atomic E-state index is 10.3. The molecule has 0 fully saturated rings. The number of hydrogen-bond donors (Lipinski definition) is 2. The Hall–Kier alpha value is -2.69. The molecule has 0 heterocycles. The van der Waals surface area contributed by atoms with Gasteiger partial charge in [-0.1, -0.05) is 0 Å². The summed E-state index contributed by atoms with van der Waals surface area (Å²) in [5, 5.41) is 17.6. The highest BCUT2D eigenvalue weighted by Gasteiger charge is 2.01. The first-order chi connectivity index (χ1) is 9.13. The first-order valence-corrected chi connectivity index (χ1v) is 5.55. The van der Waals surface area contributed by atoms with Crippen molar-refractivity contribution >= 4 is 5.97 Å². The van der Waals surface area contributed by atoms with Gasteiger partial charge in [-0.25, -0.2) is 4.79 Å². The number of carboxylic acid groups (broad SMARTS) is 1. The minimum Gasteiger partial charge on any atom is -0.508 e. The molecule has 0 aliphatic heterocycles. The molecule has 19 heavy (non-hydrogen) atoms. The van der Waals surface area contributed by atoms with Crippen molar-refractivity contribution in [2.45, 2.75) is 0 Å². The van der Waals surface area contributed by atoms with E-state index in [9.17, 15) is 4.79 Å². The van der Waals surface area contributed by atoms with E-state index in [1.165, 1.54) is 12.1 Å². The number of aliphatic carboxylic acids is 1. The van der Waals surface area contributed by atoms with E-state index in [-0.39, 0.29) is 12.4 Å². The average Bonchev–Trinajstić information content (AvgIpc) is 2.40. The number of ether oxygens (including phenoxy) is 2. The second-order valence-corrected chi connectivity index (χ2v) is 3.75. The van der Waals surface area contributed by atoms with Gasteiger partial charge in [0.05, 0.1) is 0 Å². The van der Waals surface area contributed by atoms with Crippen LogP contribution in [0.4, 0.5) is 0 Å². The summed E-state index contributed by atoms with van der Waals surface area (Å²) in [6, 6.07) is 12.9. The van der Waals surface area contributed by atoms with E-state index in [1.807, 2.05) is 0 Å². The highest BCUT2D eigenvalue weighted by molar-refractivity contribution is 5.68. The van der Waals surface area contributed by atoms with Crippen LogP contribution in [0.25, 0.3) is 0 Å². The minimum atomic E-state index is -1.02. The number of carbonyl (C=O) groups is 1. The Balaban J connectivity index is 1.98. The van der Waals surface area contributed by atoms with Gasteiger partial charge in [-0.2, -0.15) is 0 Å². The van der Waals surface area contributed by atoms with E-state index in [1.54, 1.807) is 36.4 Å². The molecule has 2 aromatic carbocycles. The van der Waals surface area contributed by atoms with Crippen molar-refractivity contribution in [1.29, 1.82) is 0 Å². The van der Waals surface area contributed by atoms with Crippen LogP contribution in [0.15, 0.2) is 48.5 Å². The van der Waals surface area contributed by atoms with Gasteiger partial charge in [-0.05, 0) is 48.5 Å². The molecular weight excluding hydrogens is 248 g/mol. The Bertz CT molecular complexity index is 545. The minimum absolute atomic E-state index is 0.171. The molecule has 0 aliphatic carbocycles. The molecule has 0 radical (unpaired) electrons. The summed E-state index contributed by atoms with van der Waals surface area (Å²) < 4.78 is 10.5. The van der Waals surface area contributed by atoms with E-state index in [0.717, 1.165) is 0 Å². The van der Waals surface area contributed by atoms with E-state index in [4.69, 9.17) is 19.7 Å². The number of phenolic OH excluding ortho intramolecular Hbond substituents is 1. The second kappa shape index (κ2) is 5.77. The summed E-state index contributed by atoms with van der Waals surface area (Å²) in [6.07, 6.45) is 0. The first-order valence-electron chi connectivity index (χ1n) is 5.55. The smallest absolute Gasteiger partial charge is 0.341 e. The fraction of sp³-hybridized carbons (Fsp3) is 0.0714. The van der Waals surface area contributed by atoms with Crippen LogP contribution >= 0.6 is 0 Å². The summed E-state index contributed by atoms with van der Waals surface area (Å²) in [5.74, 6) is 0.792. The van der Waals surface area contributed by atoms with Crippen molar-refractivity contribution in [3.8, 4) is 23.0 Å². The molecule has 0 aromatic heterocycles. The van der Waals surface area contributed by atoms with Gasteiger partial charge in [-0.3, -0.25) is 0 Å². The monoisotopic (exact) mass is 260 g/mol. The van der Waals surface area contributed by atoms with Crippen LogP contribution in [0.5, 0.6) is 23.0 Å². The molecule has 98 valence electrons. The number of phenols is 1. The molecule has 2 aromatic rings. The third-order valence-corrected chi connectivity index (χ3v) is 2.26. The van der Waals surface area contributed by atoms with Crippen LogP contribution < -0.4 is 9.47 Å². The highest BCUT2D eigenvalue weighted by atomic mass is 16.5. The van der Waals surface area contributed by atoms with Gasteiger partial charge in [0.25, 0.3) is 0 Å². The Labute approximate surface area is 109 Å². The van der Waals surface area contributed by atoms with Gasteiger partial charge < -0.3 is 19.7 Å². The number of carboxylic acids is 1. The predicted molar refractivity (Wildman–Crippen MR) is 67.8 cm³/mol. The average molecular weight is 260 g/mol. The number of benzene rings is 2. The summed E-state index contributed by atoms with van der Waals surface area (Å²) in [4.78, 5) is 10.3. The maximum Gasteiger partial charge on any atom is 0.341 e. The van der Waals surface area contributed by atoms with Crippen LogP contribution in [0.3, 0.4) is 0 Å². The third kappa shape index (κ3) is 3.92. The molecule has 0 bridgehead atoms. The molecule has 0 aliphatic rings. The maximum absolute atomic E-state index is 10.3. The van der Waals surface area contributed by atoms with Gasteiger partial charge >= 0.3 is 5.97 Å². The van der Waals surface area contributed by atoms with Crippen LogP contribution in [0.1, 0.15) is 0 Å². The summed E-state index contributed by atoms with van der Waals surface area (Å²) in [5.41, 5.74) is 0. The first kappa shape index (κ1) is 12.8. The zero-order valence-corrected chi connectivity index (χ0v) is 9.95. The topological polar surface area (TPSA) is 76.0 Å². The van der Waals surface area contributed by atoms with Crippen LogP contribution in [-0.4, -0.2) is 22.8 Å². The lowest BCUT2D eigenvalue weighted by Crippen LogP contribution is -2.09. The molecule has 2 N–H and O–H groups in total. The van der Waals surface area contributed by atoms with Crippen molar-refractivity contribution in [3.63, 3.8) is 0 Å². The SMILES string of the molecule is O=C(O)COc1ccc(Oc2ccc(O)cc2)cc1. The van der Waals surface area contributed by atoms with Gasteiger partial charge in [0.1, 0.15) is 23.0 Å². The molecule has 0 amide bonds. The second-order valence-electron chi connectivity index (χ2n) is 3.75. The van der Waals surface area contributed by atoms with Crippen LogP contribution in [0, 0.1) is 0 Å². The van der Waals surface area contributed by atoms with Gasteiger partial charge in [0, 0.05) is 0 Å². The molecule has 0 atom stereocenters. The lowest BCUT2D eigenvalue weighted by Gasteiger charge is -2.07. The fourth-order valence-electron chi connectivity index (χ4n) is 1.40. The van der Waals surface area contributed by atoms with Gasteiger partial charge in [-0.15, -0.1) is 0 Å². The molecular formula is C14H12O5. The number of aromatic hydroxyl groups is 1. The van der Waals surface area contributed by atoms with Gasteiger partial charge in [0.15, 0.2) is 6.61 Å². The molecule has 0 saturated heterocycles. The Kier molecular flexibility index (Phi) is 3.87. The lowest BCUT2D eigenvalue weighted by atomic mass is 10.3. The van der Waals surface area contributed by atoms with Crippen LogP contribution in [-0.2, 0) is 4.79 Å². The third-order valence-electron chi connectivity index (χ3n) is 2.26. The van der Waals surface area contributed by atoms with E-state index in [0.29, 0.717) is 17.2 Å². The highest BCUT2D eigenvalue weighted by Crippen LogP contribution is 2.25. The summed E-state index contributed by atoms with van der Waals surface area (Å²) in [6.45, 7) is -0.377. The van der Waals surface area contributed by atoms with E-state index < -0.39 is 5.97 Å². The molecule has 0 spiro atoms. The van der Waals surface area contributed by atoms with Crippen molar-refractivity contribution < 1.29 is 24.5 Å².